The lowest BCUT2D eigenvalue weighted by Gasteiger charge is -2.20. The molecule has 0 aromatic heterocycles. The van der Waals surface area contributed by atoms with Crippen molar-refractivity contribution in [3.63, 3.8) is 0 Å². The summed E-state index contributed by atoms with van der Waals surface area (Å²) in [6.07, 6.45) is 0. The highest BCUT2D eigenvalue weighted by molar-refractivity contribution is 6.42. The summed E-state index contributed by atoms with van der Waals surface area (Å²) in [5, 5.41) is 0.882. The van der Waals surface area contributed by atoms with E-state index < -0.39 is 0 Å². The van der Waals surface area contributed by atoms with Crippen LogP contribution in [0.25, 0.3) is 0 Å². The highest BCUT2D eigenvalue weighted by Gasteiger charge is 2.29. The number of urea groups is 1. The summed E-state index contributed by atoms with van der Waals surface area (Å²) in [5.74, 6) is 0.789. The highest BCUT2D eigenvalue weighted by atomic mass is 35.5. The maximum absolute atomic E-state index is 12.3. The lowest BCUT2D eigenvalue weighted by atomic mass is 10.3. The molecule has 0 spiro atoms. The largest absolute Gasteiger partial charge is 0.415 e. The predicted octanol–water partition coefficient (Wildman–Crippen LogP) is 3.17. The van der Waals surface area contributed by atoms with E-state index in [9.17, 15) is 4.79 Å². The number of nitrogens with zero attached hydrogens (tertiary/aromatic N) is 3. The maximum atomic E-state index is 12.3. The van der Waals surface area contributed by atoms with Crippen LogP contribution in [-0.4, -0.2) is 49.5 Å². The van der Waals surface area contributed by atoms with Crippen LogP contribution in [0.5, 0.6) is 0 Å². The molecule has 0 saturated carbocycles. The van der Waals surface area contributed by atoms with E-state index in [0.717, 1.165) is 5.84 Å². The Morgan fingerprint density at radius 3 is 2.16 bits per heavy atom. The van der Waals surface area contributed by atoms with Gasteiger partial charge in [-0.3, -0.25) is 4.58 Å². The first-order chi connectivity index (χ1) is 8.75. The maximum Gasteiger partial charge on any atom is 0.415 e. The van der Waals surface area contributed by atoms with Crippen molar-refractivity contribution in [2.75, 3.05) is 33.1 Å². The van der Waals surface area contributed by atoms with E-state index in [4.69, 9.17) is 23.2 Å². The zero-order valence-corrected chi connectivity index (χ0v) is 13.2. The summed E-state index contributed by atoms with van der Waals surface area (Å²) in [6.45, 7) is 1.86. The number of anilines is 1. The molecule has 0 heterocycles. The summed E-state index contributed by atoms with van der Waals surface area (Å²) < 4.78 is 1.86. The molecule has 1 aromatic rings. The van der Waals surface area contributed by atoms with Gasteiger partial charge in [-0.05, 0) is 12.1 Å². The van der Waals surface area contributed by atoms with Gasteiger partial charge in [-0.1, -0.05) is 23.2 Å². The first-order valence-corrected chi connectivity index (χ1v) is 6.48. The molecule has 19 heavy (non-hydrogen) atoms. The first kappa shape index (κ1) is 15.8. The van der Waals surface area contributed by atoms with Gasteiger partial charge in [-0.15, -0.1) is 4.90 Å². The van der Waals surface area contributed by atoms with Gasteiger partial charge in [0.05, 0.1) is 24.1 Å². The van der Waals surface area contributed by atoms with E-state index in [1.54, 1.807) is 37.2 Å². The quantitative estimate of drug-likeness (QED) is 0.445. The summed E-state index contributed by atoms with van der Waals surface area (Å²) in [7, 11) is 7.16. The number of halogens is 2. The molecule has 0 aliphatic rings. The van der Waals surface area contributed by atoms with Crippen molar-refractivity contribution in [2.45, 2.75) is 6.92 Å². The Labute approximate surface area is 123 Å². The van der Waals surface area contributed by atoms with Crippen molar-refractivity contribution < 1.29 is 9.37 Å². The van der Waals surface area contributed by atoms with Gasteiger partial charge < -0.3 is 4.90 Å². The molecule has 0 radical (unpaired) electrons. The van der Waals surface area contributed by atoms with Gasteiger partial charge in [0.25, 0.3) is 5.84 Å². The summed E-state index contributed by atoms with van der Waals surface area (Å²) in [4.78, 5) is 15.4. The fourth-order valence-electron chi connectivity index (χ4n) is 1.46. The van der Waals surface area contributed by atoms with Crippen LogP contribution >= 0.6 is 23.2 Å². The molecule has 0 aliphatic carbocycles. The summed E-state index contributed by atoms with van der Waals surface area (Å²) in [5.41, 5.74) is 0.680. The SMILES string of the molecule is CC(N(C(=O)N(C)C)c1ccc(Cl)c(Cl)c1)=[N+](C)C. The molecule has 0 bridgehead atoms. The van der Waals surface area contributed by atoms with Crippen molar-refractivity contribution in [1.82, 2.24) is 4.90 Å². The fraction of sp³-hybridized carbons (Fsp3) is 0.385. The smallest absolute Gasteiger partial charge is 0.310 e. The second kappa shape index (κ2) is 6.26. The van der Waals surface area contributed by atoms with E-state index in [-0.39, 0.29) is 6.03 Å². The number of hydrogen-bond donors (Lipinski definition) is 0. The summed E-state index contributed by atoms with van der Waals surface area (Å²) >= 11 is 11.9. The normalized spacial score (nSPS) is 10.1. The van der Waals surface area contributed by atoms with Crippen LogP contribution in [0.15, 0.2) is 18.2 Å². The average Bonchev–Trinajstić information content (AvgIpc) is 2.33. The Morgan fingerprint density at radius 2 is 1.74 bits per heavy atom. The number of carbonyl (C=O) groups excluding carboxylic acids is 1. The van der Waals surface area contributed by atoms with Crippen LogP contribution in [0, 0.1) is 0 Å². The predicted molar refractivity (Wildman–Crippen MR) is 80.8 cm³/mol. The van der Waals surface area contributed by atoms with Gasteiger partial charge in [-0.2, -0.15) is 0 Å². The van der Waals surface area contributed by atoms with Crippen LogP contribution in [0.2, 0.25) is 10.0 Å². The molecule has 1 rings (SSSR count). The standard InChI is InChI=1S/C13H18Cl2N3O/c1-9(16(2)3)18(13(19)17(4)5)10-6-7-11(14)12(15)8-10/h6-8H,1-5H3/q+1. The molecule has 104 valence electrons. The average molecular weight is 303 g/mol. The minimum Gasteiger partial charge on any atom is -0.310 e. The van der Waals surface area contributed by atoms with Gasteiger partial charge in [-0.25, -0.2) is 4.79 Å². The Kier molecular flexibility index (Phi) is 5.20. The lowest BCUT2D eigenvalue weighted by Crippen LogP contribution is -2.45. The van der Waals surface area contributed by atoms with E-state index in [1.807, 2.05) is 25.6 Å². The molecule has 6 heteroatoms. The molecule has 0 N–H and O–H groups in total. The van der Waals surface area contributed by atoms with Crippen molar-refractivity contribution in [3.05, 3.63) is 28.2 Å². The Hall–Kier alpha value is -1.26. The number of benzene rings is 1. The second-order valence-electron chi connectivity index (χ2n) is 4.55. The van der Waals surface area contributed by atoms with Gasteiger partial charge in [0.2, 0.25) is 0 Å². The first-order valence-electron chi connectivity index (χ1n) is 5.73. The minimum absolute atomic E-state index is 0.149. The topological polar surface area (TPSA) is 26.6 Å². The third-order valence-electron chi connectivity index (χ3n) is 2.71. The Balaban J connectivity index is 3.35. The van der Waals surface area contributed by atoms with Gasteiger partial charge in [0.15, 0.2) is 0 Å². The Bertz CT molecular complexity index is 523. The van der Waals surface area contributed by atoms with Crippen molar-refractivity contribution in [2.24, 2.45) is 0 Å². The number of amidine groups is 1. The highest BCUT2D eigenvalue weighted by Crippen LogP contribution is 2.27. The monoisotopic (exact) mass is 302 g/mol. The van der Waals surface area contributed by atoms with E-state index in [0.29, 0.717) is 15.7 Å². The van der Waals surface area contributed by atoms with Crippen LogP contribution in [0.3, 0.4) is 0 Å². The summed E-state index contributed by atoms with van der Waals surface area (Å²) in [6, 6.07) is 4.98. The molecule has 0 saturated heterocycles. The third-order valence-corrected chi connectivity index (χ3v) is 3.45. The van der Waals surface area contributed by atoms with Gasteiger partial charge in [0, 0.05) is 27.1 Å². The molecule has 1 aromatic carbocycles. The zero-order valence-electron chi connectivity index (χ0n) is 11.7. The lowest BCUT2D eigenvalue weighted by molar-refractivity contribution is -0.465. The van der Waals surface area contributed by atoms with Crippen LogP contribution in [-0.2, 0) is 0 Å². The second-order valence-corrected chi connectivity index (χ2v) is 5.37. The third kappa shape index (κ3) is 3.61. The number of amides is 2. The molecule has 2 amide bonds. The van der Waals surface area contributed by atoms with E-state index >= 15 is 0 Å². The molecule has 0 fully saturated rings. The van der Waals surface area contributed by atoms with Crippen molar-refractivity contribution in [3.8, 4) is 0 Å². The molecule has 0 unspecified atom stereocenters. The molecule has 0 atom stereocenters. The Morgan fingerprint density at radius 1 is 1.16 bits per heavy atom. The van der Waals surface area contributed by atoms with Gasteiger partial charge in [0.1, 0.15) is 5.69 Å². The van der Waals surface area contributed by atoms with Crippen molar-refractivity contribution in [1.29, 1.82) is 0 Å². The van der Waals surface area contributed by atoms with Crippen LogP contribution in [0.4, 0.5) is 10.5 Å². The van der Waals surface area contributed by atoms with Crippen LogP contribution < -0.4 is 4.90 Å². The number of rotatable bonds is 1. The van der Waals surface area contributed by atoms with E-state index in [2.05, 4.69) is 0 Å². The van der Waals surface area contributed by atoms with Gasteiger partial charge >= 0.3 is 6.03 Å². The fourth-order valence-corrected chi connectivity index (χ4v) is 1.75. The molecular weight excluding hydrogens is 285 g/mol. The molecule has 0 aliphatic heterocycles. The zero-order chi connectivity index (χ0) is 14.7. The van der Waals surface area contributed by atoms with Crippen molar-refractivity contribution >= 4 is 40.8 Å². The molecule has 4 nitrogen and oxygen atoms in total. The molecular formula is C13H18Cl2N3O+. The van der Waals surface area contributed by atoms with Crippen LogP contribution in [0.1, 0.15) is 6.92 Å². The minimum atomic E-state index is -0.149. The number of hydrogen-bond acceptors (Lipinski definition) is 1. The number of carbonyl (C=O) groups is 1. The van der Waals surface area contributed by atoms with E-state index in [1.165, 1.54) is 4.90 Å².